The minimum Gasteiger partial charge on any atom is -0.349 e. The van der Waals surface area contributed by atoms with Gasteiger partial charge >= 0.3 is 0 Å². The third-order valence-corrected chi connectivity index (χ3v) is 4.37. The van der Waals surface area contributed by atoms with Gasteiger partial charge in [-0.15, -0.1) is 0 Å². The number of carbonyl (C=O) groups excluding carboxylic acids is 2. The lowest BCUT2D eigenvalue weighted by molar-refractivity contribution is 0.0698. The maximum atomic E-state index is 12.7. The second-order valence-corrected chi connectivity index (χ2v) is 6.70. The second kappa shape index (κ2) is 7.65. The first kappa shape index (κ1) is 18.1. The molecule has 8 nitrogen and oxygen atoms in total. The highest BCUT2D eigenvalue weighted by molar-refractivity contribution is 5.94. The summed E-state index contributed by atoms with van der Waals surface area (Å²) < 4.78 is 1.80. The van der Waals surface area contributed by atoms with Gasteiger partial charge in [0.15, 0.2) is 5.69 Å². The van der Waals surface area contributed by atoms with Crippen LogP contribution in [0.5, 0.6) is 0 Å². The average Bonchev–Trinajstić information content (AvgIpc) is 3.04. The van der Waals surface area contributed by atoms with Gasteiger partial charge in [0.1, 0.15) is 5.69 Å². The molecule has 8 heteroatoms. The summed E-state index contributed by atoms with van der Waals surface area (Å²) in [4.78, 5) is 32.9. The van der Waals surface area contributed by atoms with Gasteiger partial charge in [-0.2, -0.15) is 5.10 Å². The van der Waals surface area contributed by atoms with Gasteiger partial charge in [-0.25, -0.2) is 0 Å². The molecular formula is C18H24N6O2. The molecule has 1 N–H and O–H groups in total. The number of hydrogen-bond donors (Lipinski definition) is 1. The van der Waals surface area contributed by atoms with Gasteiger partial charge in [-0.3, -0.25) is 19.3 Å². The first-order valence-electron chi connectivity index (χ1n) is 8.66. The lowest BCUT2D eigenvalue weighted by Crippen LogP contribution is -2.39. The Bertz CT molecular complexity index is 814. The van der Waals surface area contributed by atoms with Crippen LogP contribution >= 0.6 is 0 Å². The zero-order chi connectivity index (χ0) is 18.7. The summed E-state index contributed by atoms with van der Waals surface area (Å²) >= 11 is 0. The monoisotopic (exact) mass is 356 g/mol. The number of nitrogens with zero attached hydrogens (tertiary/aromatic N) is 5. The molecule has 2 aromatic rings. The quantitative estimate of drug-likeness (QED) is 0.845. The van der Waals surface area contributed by atoms with Gasteiger partial charge in [0, 0.05) is 25.8 Å². The first-order chi connectivity index (χ1) is 12.5. The summed E-state index contributed by atoms with van der Waals surface area (Å²) in [5.41, 5.74) is 2.58. The number of nitrogens with one attached hydrogen (secondary N) is 1. The Morgan fingerprint density at radius 3 is 2.85 bits per heavy atom. The summed E-state index contributed by atoms with van der Waals surface area (Å²) in [6.07, 6.45) is 1.63. The van der Waals surface area contributed by atoms with Gasteiger partial charge in [0.2, 0.25) is 0 Å². The number of rotatable bonds is 5. The zero-order valence-corrected chi connectivity index (χ0v) is 15.4. The summed E-state index contributed by atoms with van der Waals surface area (Å²) in [6, 6.07) is 5.46. The van der Waals surface area contributed by atoms with E-state index >= 15 is 0 Å². The Labute approximate surface area is 152 Å². The van der Waals surface area contributed by atoms with Crippen LogP contribution in [0, 0.1) is 6.92 Å². The number of fused-ring (bicyclic) bond motifs is 1. The van der Waals surface area contributed by atoms with E-state index in [9.17, 15) is 9.59 Å². The number of likely N-dealkylation sites (N-methyl/N-ethyl adjacent to an activating group) is 1. The molecule has 1 aliphatic rings. The van der Waals surface area contributed by atoms with Crippen molar-refractivity contribution >= 4 is 11.8 Å². The van der Waals surface area contributed by atoms with Crippen LogP contribution in [0.2, 0.25) is 0 Å². The van der Waals surface area contributed by atoms with Crippen molar-refractivity contribution in [1.29, 1.82) is 0 Å². The predicted molar refractivity (Wildman–Crippen MR) is 96.8 cm³/mol. The fraction of sp³-hybridized carbons (Fsp3) is 0.444. The molecule has 2 amide bonds. The van der Waals surface area contributed by atoms with Crippen LogP contribution in [0.4, 0.5) is 0 Å². The molecule has 0 atom stereocenters. The van der Waals surface area contributed by atoms with Crippen LogP contribution in [-0.2, 0) is 13.1 Å². The van der Waals surface area contributed by atoms with E-state index < -0.39 is 0 Å². The van der Waals surface area contributed by atoms with Crippen molar-refractivity contribution in [2.24, 2.45) is 0 Å². The standard InChI is InChI=1S/C18H24N6O2/c1-13-5-4-6-19-16(13)18(26)23-9-10-24-14(12-23)11-15(21-24)17(25)20-7-8-22(2)3/h4-6,11H,7-10,12H2,1-3H3,(H,20,25). The minimum absolute atomic E-state index is 0.0902. The zero-order valence-electron chi connectivity index (χ0n) is 15.4. The van der Waals surface area contributed by atoms with Crippen molar-refractivity contribution < 1.29 is 9.59 Å². The molecule has 138 valence electrons. The SMILES string of the molecule is Cc1cccnc1C(=O)N1CCn2nc(C(=O)NCCN(C)C)cc2C1. The number of carbonyl (C=O) groups is 2. The van der Waals surface area contributed by atoms with E-state index in [4.69, 9.17) is 0 Å². The average molecular weight is 356 g/mol. The fourth-order valence-corrected chi connectivity index (χ4v) is 2.89. The highest BCUT2D eigenvalue weighted by Crippen LogP contribution is 2.17. The van der Waals surface area contributed by atoms with Crippen molar-refractivity contribution in [3.05, 3.63) is 47.0 Å². The molecule has 0 fully saturated rings. The van der Waals surface area contributed by atoms with E-state index in [0.717, 1.165) is 17.8 Å². The molecule has 0 bridgehead atoms. The van der Waals surface area contributed by atoms with Crippen molar-refractivity contribution in [2.75, 3.05) is 33.7 Å². The van der Waals surface area contributed by atoms with E-state index in [2.05, 4.69) is 15.4 Å². The van der Waals surface area contributed by atoms with Gasteiger partial charge in [0.25, 0.3) is 11.8 Å². The topological polar surface area (TPSA) is 83.4 Å². The van der Waals surface area contributed by atoms with Crippen LogP contribution in [0.3, 0.4) is 0 Å². The van der Waals surface area contributed by atoms with E-state index in [0.29, 0.717) is 37.6 Å². The third kappa shape index (κ3) is 3.91. The van der Waals surface area contributed by atoms with Crippen molar-refractivity contribution in [1.82, 2.24) is 29.9 Å². The highest BCUT2D eigenvalue weighted by atomic mass is 16.2. The number of hydrogen-bond acceptors (Lipinski definition) is 5. The summed E-state index contributed by atoms with van der Waals surface area (Å²) in [6.45, 7) is 4.75. The van der Waals surface area contributed by atoms with E-state index in [-0.39, 0.29) is 11.8 Å². The van der Waals surface area contributed by atoms with Crippen LogP contribution in [0.25, 0.3) is 0 Å². The van der Waals surface area contributed by atoms with Crippen LogP contribution in [-0.4, -0.2) is 70.1 Å². The van der Waals surface area contributed by atoms with Crippen molar-refractivity contribution in [2.45, 2.75) is 20.0 Å². The lowest BCUT2D eigenvalue weighted by atomic mass is 10.2. The molecule has 0 aromatic carbocycles. The van der Waals surface area contributed by atoms with Gasteiger partial charge in [-0.1, -0.05) is 6.07 Å². The summed E-state index contributed by atoms with van der Waals surface area (Å²) in [7, 11) is 3.91. The van der Waals surface area contributed by atoms with Gasteiger partial charge < -0.3 is 15.1 Å². The first-order valence-corrected chi connectivity index (χ1v) is 8.66. The minimum atomic E-state index is -0.188. The Kier molecular flexibility index (Phi) is 5.32. The molecule has 0 spiro atoms. The van der Waals surface area contributed by atoms with Crippen LogP contribution < -0.4 is 5.32 Å². The maximum absolute atomic E-state index is 12.7. The number of aromatic nitrogens is 3. The smallest absolute Gasteiger partial charge is 0.273 e. The summed E-state index contributed by atoms with van der Waals surface area (Å²) in [5.74, 6) is -0.278. The normalized spacial score (nSPS) is 13.6. The molecule has 1 aliphatic heterocycles. The van der Waals surface area contributed by atoms with Crippen LogP contribution in [0.1, 0.15) is 32.2 Å². The van der Waals surface area contributed by atoms with E-state index in [1.165, 1.54) is 0 Å². The lowest BCUT2D eigenvalue weighted by Gasteiger charge is -2.27. The molecule has 26 heavy (non-hydrogen) atoms. The largest absolute Gasteiger partial charge is 0.349 e. The molecule has 0 saturated heterocycles. The molecule has 0 radical (unpaired) electrons. The number of pyridine rings is 1. The molecule has 0 saturated carbocycles. The van der Waals surface area contributed by atoms with Crippen molar-refractivity contribution in [3.63, 3.8) is 0 Å². The van der Waals surface area contributed by atoms with Gasteiger partial charge in [-0.05, 0) is 38.7 Å². The predicted octanol–water partition coefficient (Wildman–Crippen LogP) is 0.534. The Balaban J connectivity index is 1.67. The molecule has 2 aromatic heterocycles. The Hall–Kier alpha value is -2.74. The maximum Gasteiger partial charge on any atom is 0.273 e. The number of aryl methyl sites for hydroxylation is 1. The molecule has 0 aliphatic carbocycles. The number of amides is 2. The molecular weight excluding hydrogens is 332 g/mol. The molecule has 0 unspecified atom stereocenters. The molecule has 3 heterocycles. The van der Waals surface area contributed by atoms with E-state index in [1.807, 2.05) is 38.1 Å². The summed E-state index contributed by atoms with van der Waals surface area (Å²) in [5, 5.41) is 7.23. The second-order valence-electron chi connectivity index (χ2n) is 6.70. The van der Waals surface area contributed by atoms with E-state index in [1.54, 1.807) is 21.8 Å². The Morgan fingerprint density at radius 1 is 1.31 bits per heavy atom. The fourth-order valence-electron chi connectivity index (χ4n) is 2.89. The van der Waals surface area contributed by atoms with Crippen molar-refractivity contribution in [3.8, 4) is 0 Å². The van der Waals surface area contributed by atoms with Crippen LogP contribution in [0.15, 0.2) is 24.4 Å². The highest BCUT2D eigenvalue weighted by Gasteiger charge is 2.26. The Morgan fingerprint density at radius 2 is 2.12 bits per heavy atom. The molecule has 3 rings (SSSR count). The third-order valence-electron chi connectivity index (χ3n) is 4.37. The van der Waals surface area contributed by atoms with Gasteiger partial charge in [0.05, 0.1) is 18.8 Å².